The van der Waals surface area contributed by atoms with E-state index in [4.69, 9.17) is 5.26 Å². The molecule has 0 atom stereocenters. The van der Waals surface area contributed by atoms with Crippen molar-refractivity contribution in [1.82, 2.24) is 4.98 Å². The maximum absolute atomic E-state index is 13.6. The zero-order chi connectivity index (χ0) is 13.1. The number of aromatic nitrogens is 1. The third kappa shape index (κ3) is 2.46. The van der Waals surface area contributed by atoms with Gasteiger partial charge in [0.1, 0.15) is 5.69 Å². The van der Waals surface area contributed by atoms with Gasteiger partial charge in [0.05, 0.1) is 29.4 Å². The molecule has 0 spiro atoms. The monoisotopic (exact) mass is 265 g/mol. The van der Waals surface area contributed by atoms with Crippen LogP contribution in [-0.4, -0.2) is 4.98 Å². The van der Waals surface area contributed by atoms with Gasteiger partial charge in [-0.1, -0.05) is 0 Å². The lowest BCUT2D eigenvalue weighted by atomic mass is 10.2. The van der Waals surface area contributed by atoms with Gasteiger partial charge in [0.2, 0.25) is 0 Å². The summed E-state index contributed by atoms with van der Waals surface area (Å²) >= 11 is 1.42. The van der Waals surface area contributed by atoms with Gasteiger partial charge in [-0.15, -0.1) is 11.3 Å². The van der Waals surface area contributed by atoms with Crippen LogP contribution in [0.5, 0.6) is 0 Å². The van der Waals surface area contributed by atoms with Gasteiger partial charge in [-0.25, -0.2) is 13.8 Å². The number of nitriles is 1. The third-order valence-electron chi connectivity index (χ3n) is 2.44. The van der Waals surface area contributed by atoms with Crippen LogP contribution in [-0.2, 0) is 6.54 Å². The number of hydrogen-bond donors (Lipinski definition) is 1. The number of nitrogens with one attached hydrogen (secondary N) is 1. The molecule has 0 aliphatic rings. The van der Waals surface area contributed by atoms with Crippen molar-refractivity contribution < 1.29 is 8.78 Å². The van der Waals surface area contributed by atoms with E-state index >= 15 is 0 Å². The molecule has 1 N–H and O–H groups in total. The summed E-state index contributed by atoms with van der Waals surface area (Å²) in [4.78, 5) is 4.96. The van der Waals surface area contributed by atoms with Gasteiger partial charge in [0.25, 0.3) is 0 Å². The SMILES string of the molecule is Cc1ncsc1CNc1c(F)cc(C#N)cc1F. The number of anilines is 1. The molecule has 1 aromatic heterocycles. The van der Waals surface area contributed by atoms with Crippen LogP contribution in [0.25, 0.3) is 0 Å². The molecule has 0 saturated heterocycles. The molecule has 0 aliphatic heterocycles. The van der Waals surface area contributed by atoms with Crippen LogP contribution >= 0.6 is 11.3 Å². The molecule has 0 amide bonds. The fourth-order valence-electron chi connectivity index (χ4n) is 1.47. The first-order chi connectivity index (χ1) is 8.61. The minimum Gasteiger partial charge on any atom is -0.375 e. The Kier molecular flexibility index (Phi) is 3.53. The zero-order valence-electron chi connectivity index (χ0n) is 9.50. The second kappa shape index (κ2) is 5.10. The van der Waals surface area contributed by atoms with Gasteiger partial charge in [0.15, 0.2) is 11.6 Å². The number of hydrogen-bond acceptors (Lipinski definition) is 4. The molecule has 0 saturated carbocycles. The molecule has 0 aliphatic carbocycles. The number of nitrogens with zero attached hydrogens (tertiary/aromatic N) is 2. The first-order valence-electron chi connectivity index (χ1n) is 5.14. The van der Waals surface area contributed by atoms with E-state index in [0.29, 0.717) is 6.54 Å². The second-order valence-corrected chi connectivity index (χ2v) is 4.58. The van der Waals surface area contributed by atoms with Crippen molar-refractivity contribution in [3.8, 4) is 6.07 Å². The lowest BCUT2D eigenvalue weighted by Crippen LogP contribution is -2.04. The molecular formula is C12H9F2N3S. The molecule has 2 aromatic rings. The van der Waals surface area contributed by atoms with E-state index in [9.17, 15) is 8.78 Å². The highest BCUT2D eigenvalue weighted by Gasteiger charge is 2.11. The summed E-state index contributed by atoms with van der Waals surface area (Å²) in [6.45, 7) is 2.13. The second-order valence-electron chi connectivity index (χ2n) is 3.64. The van der Waals surface area contributed by atoms with Crippen molar-refractivity contribution in [3.05, 3.63) is 45.4 Å². The molecule has 1 aromatic carbocycles. The highest BCUT2D eigenvalue weighted by Crippen LogP contribution is 2.22. The Balaban J connectivity index is 2.20. The molecular weight excluding hydrogens is 256 g/mol. The lowest BCUT2D eigenvalue weighted by Gasteiger charge is -2.08. The van der Waals surface area contributed by atoms with E-state index in [0.717, 1.165) is 22.7 Å². The summed E-state index contributed by atoms with van der Waals surface area (Å²) < 4.78 is 27.1. The van der Waals surface area contributed by atoms with Crippen molar-refractivity contribution >= 4 is 17.0 Å². The number of aryl methyl sites for hydroxylation is 1. The normalized spacial score (nSPS) is 10.1. The molecule has 0 radical (unpaired) electrons. The summed E-state index contributed by atoms with van der Waals surface area (Å²) in [6, 6.07) is 3.71. The van der Waals surface area contributed by atoms with E-state index in [2.05, 4.69) is 10.3 Å². The fourth-order valence-corrected chi connectivity index (χ4v) is 2.19. The summed E-state index contributed by atoms with van der Waals surface area (Å²) in [5.41, 5.74) is 2.26. The summed E-state index contributed by atoms with van der Waals surface area (Å²) in [5.74, 6) is -1.54. The van der Waals surface area contributed by atoms with Crippen LogP contribution in [0.15, 0.2) is 17.6 Å². The van der Waals surface area contributed by atoms with Crippen LogP contribution < -0.4 is 5.32 Å². The third-order valence-corrected chi connectivity index (χ3v) is 3.38. The van der Waals surface area contributed by atoms with Gasteiger partial charge >= 0.3 is 0 Å². The average molecular weight is 265 g/mol. The van der Waals surface area contributed by atoms with Crippen molar-refractivity contribution in [2.24, 2.45) is 0 Å². The Morgan fingerprint density at radius 3 is 2.56 bits per heavy atom. The highest BCUT2D eigenvalue weighted by atomic mass is 32.1. The quantitative estimate of drug-likeness (QED) is 0.927. The molecule has 1 heterocycles. The number of rotatable bonds is 3. The summed E-state index contributed by atoms with van der Waals surface area (Å²) in [7, 11) is 0. The molecule has 0 unspecified atom stereocenters. The number of benzene rings is 1. The standard InChI is InChI=1S/C12H9F2N3S/c1-7-11(18-6-17-7)5-16-12-9(13)2-8(4-15)3-10(12)14/h2-3,6,16H,5H2,1H3. The van der Waals surface area contributed by atoms with Crippen LogP contribution in [0.1, 0.15) is 16.1 Å². The van der Waals surface area contributed by atoms with Crippen LogP contribution in [0.3, 0.4) is 0 Å². The predicted molar refractivity (Wildman–Crippen MR) is 65.3 cm³/mol. The Morgan fingerprint density at radius 1 is 1.39 bits per heavy atom. The first-order valence-corrected chi connectivity index (χ1v) is 6.01. The number of thiazole rings is 1. The van der Waals surface area contributed by atoms with Gasteiger partial charge in [-0.3, -0.25) is 0 Å². The minimum absolute atomic E-state index is 0.0375. The maximum Gasteiger partial charge on any atom is 0.150 e. The van der Waals surface area contributed by atoms with E-state index in [1.807, 2.05) is 6.92 Å². The van der Waals surface area contributed by atoms with Crippen LogP contribution in [0.4, 0.5) is 14.5 Å². The van der Waals surface area contributed by atoms with Crippen molar-refractivity contribution in [1.29, 1.82) is 5.26 Å². The smallest absolute Gasteiger partial charge is 0.150 e. The van der Waals surface area contributed by atoms with Crippen molar-refractivity contribution in [2.75, 3.05) is 5.32 Å². The van der Waals surface area contributed by atoms with Gasteiger partial charge in [0, 0.05) is 4.88 Å². The maximum atomic E-state index is 13.6. The van der Waals surface area contributed by atoms with Crippen molar-refractivity contribution in [3.63, 3.8) is 0 Å². The first kappa shape index (κ1) is 12.5. The van der Waals surface area contributed by atoms with Crippen molar-refractivity contribution in [2.45, 2.75) is 13.5 Å². The van der Waals surface area contributed by atoms with E-state index in [-0.39, 0.29) is 11.3 Å². The minimum atomic E-state index is -0.770. The number of halogens is 2. The molecule has 3 nitrogen and oxygen atoms in total. The zero-order valence-corrected chi connectivity index (χ0v) is 10.3. The average Bonchev–Trinajstić information content (AvgIpc) is 2.73. The predicted octanol–water partition coefficient (Wildman–Crippen LogP) is 3.21. The van der Waals surface area contributed by atoms with Crippen LogP contribution in [0.2, 0.25) is 0 Å². The molecule has 6 heteroatoms. The topological polar surface area (TPSA) is 48.7 Å². The molecule has 92 valence electrons. The molecule has 2 rings (SSSR count). The highest BCUT2D eigenvalue weighted by molar-refractivity contribution is 7.09. The molecule has 18 heavy (non-hydrogen) atoms. The van der Waals surface area contributed by atoms with E-state index in [1.165, 1.54) is 11.3 Å². The Hall–Kier alpha value is -2.00. The fraction of sp³-hybridized carbons (Fsp3) is 0.167. The van der Waals surface area contributed by atoms with E-state index in [1.54, 1.807) is 11.6 Å². The Morgan fingerprint density at radius 2 is 2.06 bits per heavy atom. The Labute approximate surface area is 107 Å². The van der Waals surface area contributed by atoms with Crippen LogP contribution in [0, 0.1) is 29.9 Å². The molecule has 0 bridgehead atoms. The van der Waals surface area contributed by atoms with Gasteiger partial charge in [-0.2, -0.15) is 5.26 Å². The largest absolute Gasteiger partial charge is 0.375 e. The summed E-state index contributed by atoms with van der Waals surface area (Å²) in [5, 5.41) is 11.3. The van der Waals surface area contributed by atoms with Gasteiger partial charge in [-0.05, 0) is 19.1 Å². The Bertz CT molecular complexity index is 593. The summed E-state index contributed by atoms with van der Waals surface area (Å²) in [6.07, 6.45) is 0. The molecule has 0 fully saturated rings. The van der Waals surface area contributed by atoms with E-state index < -0.39 is 11.6 Å². The van der Waals surface area contributed by atoms with Gasteiger partial charge < -0.3 is 5.32 Å². The lowest BCUT2D eigenvalue weighted by molar-refractivity contribution is 0.587.